The van der Waals surface area contributed by atoms with Crippen molar-refractivity contribution in [3.8, 4) is 5.75 Å². The Balaban J connectivity index is 2.41. The van der Waals surface area contributed by atoms with Gasteiger partial charge in [-0.05, 0) is 29.0 Å². The lowest BCUT2D eigenvalue weighted by molar-refractivity contribution is 0.0512. The fourth-order valence-corrected chi connectivity index (χ4v) is 1.93. The van der Waals surface area contributed by atoms with E-state index in [0.717, 1.165) is 15.6 Å². The van der Waals surface area contributed by atoms with Crippen LogP contribution in [0.5, 0.6) is 5.75 Å². The van der Waals surface area contributed by atoms with Crippen molar-refractivity contribution in [2.24, 2.45) is 0 Å². The van der Waals surface area contributed by atoms with Crippen molar-refractivity contribution in [2.75, 3.05) is 13.9 Å². The van der Waals surface area contributed by atoms with Crippen LogP contribution in [0, 0.1) is 0 Å². The topological polar surface area (TPSA) is 18.5 Å². The van der Waals surface area contributed by atoms with Crippen LogP contribution in [0.25, 0.3) is 10.8 Å². The largest absolute Gasteiger partial charge is 0.468 e. The molecule has 0 saturated carbocycles. The van der Waals surface area contributed by atoms with Crippen LogP contribution in [0.1, 0.15) is 0 Å². The molecule has 0 atom stereocenters. The van der Waals surface area contributed by atoms with Crippen molar-refractivity contribution >= 4 is 26.7 Å². The predicted molar refractivity (Wildman–Crippen MR) is 64.2 cm³/mol. The van der Waals surface area contributed by atoms with E-state index in [1.807, 2.05) is 30.3 Å². The van der Waals surface area contributed by atoms with Crippen LogP contribution >= 0.6 is 15.9 Å². The average Bonchev–Trinajstić information content (AvgIpc) is 2.27. The van der Waals surface area contributed by atoms with Gasteiger partial charge in [-0.2, -0.15) is 0 Å². The lowest BCUT2D eigenvalue weighted by Gasteiger charge is -2.06. The summed E-state index contributed by atoms with van der Waals surface area (Å²) in [6, 6.07) is 12.1. The Morgan fingerprint density at radius 2 is 2.07 bits per heavy atom. The van der Waals surface area contributed by atoms with E-state index in [2.05, 4.69) is 22.0 Å². The fraction of sp³-hybridized carbons (Fsp3) is 0.167. The van der Waals surface area contributed by atoms with Crippen LogP contribution in [-0.4, -0.2) is 13.9 Å². The van der Waals surface area contributed by atoms with Gasteiger partial charge in [0.15, 0.2) is 6.79 Å². The maximum Gasteiger partial charge on any atom is 0.188 e. The number of methoxy groups -OCH3 is 1. The number of hydrogen-bond donors (Lipinski definition) is 0. The van der Waals surface area contributed by atoms with Crippen molar-refractivity contribution < 1.29 is 9.47 Å². The maximum absolute atomic E-state index is 5.38. The van der Waals surface area contributed by atoms with Gasteiger partial charge in [0.25, 0.3) is 0 Å². The molecule has 0 aliphatic heterocycles. The molecule has 0 N–H and O–H groups in total. The molecule has 0 aliphatic carbocycles. The van der Waals surface area contributed by atoms with Crippen molar-refractivity contribution in [2.45, 2.75) is 0 Å². The second-order valence-electron chi connectivity index (χ2n) is 3.17. The molecule has 0 aliphatic rings. The second kappa shape index (κ2) is 4.64. The molecule has 0 fully saturated rings. The van der Waals surface area contributed by atoms with Gasteiger partial charge in [0.05, 0.1) is 0 Å². The quantitative estimate of drug-likeness (QED) is 0.791. The first-order chi connectivity index (χ1) is 7.31. The lowest BCUT2D eigenvalue weighted by Crippen LogP contribution is -1.98. The molecule has 2 nitrogen and oxygen atoms in total. The zero-order valence-corrected chi connectivity index (χ0v) is 9.95. The van der Waals surface area contributed by atoms with E-state index in [4.69, 9.17) is 9.47 Å². The normalized spacial score (nSPS) is 10.5. The zero-order chi connectivity index (χ0) is 10.7. The molecule has 2 rings (SSSR count). The molecule has 0 unspecified atom stereocenters. The van der Waals surface area contributed by atoms with Crippen LogP contribution in [0.2, 0.25) is 0 Å². The van der Waals surface area contributed by atoms with E-state index < -0.39 is 0 Å². The number of benzene rings is 2. The zero-order valence-electron chi connectivity index (χ0n) is 8.37. The first-order valence-electron chi connectivity index (χ1n) is 4.61. The summed E-state index contributed by atoms with van der Waals surface area (Å²) >= 11 is 3.51. The molecule has 0 amide bonds. The fourth-order valence-electron chi connectivity index (χ4n) is 1.43. The molecule has 0 heterocycles. The molecule has 0 bridgehead atoms. The SMILES string of the molecule is COCOc1ccc2cccc(Br)c2c1. The number of halogens is 1. The van der Waals surface area contributed by atoms with Gasteiger partial charge in [-0.15, -0.1) is 0 Å². The summed E-state index contributed by atoms with van der Waals surface area (Å²) in [5.74, 6) is 0.816. The van der Waals surface area contributed by atoms with Crippen LogP contribution in [0.4, 0.5) is 0 Å². The Morgan fingerprint density at radius 1 is 1.20 bits per heavy atom. The predicted octanol–water partition coefficient (Wildman–Crippen LogP) is 3.59. The van der Waals surface area contributed by atoms with Crippen molar-refractivity contribution in [1.82, 2.24) is 0 Å². The minimum Gasteiger partial charge on any atom is -0.468 e. The molecule has 3 heteroatoms. The summed E-state index contributed by atoms with van der Waals surface area (Å²) in [7, 11) is 1.61. The first kappa shape index (κ1) is 10.5. The van der Waals surface area contributed by atoms with E-state index in [9.17, 15) is 0 Å². The van der Waals surface area contributed by atoms with Gasteiger partial charge in [0, 0.05) is 11.6 Å². The Morgan fingerprint density at radius 3 is 2.87 bits per heavy atom. The minimum absolute atomic E-state index is 0.274. The molecular weight excluding hydrogens is 256 g/mol. The molecule has 0 aromatic heterocycles. The molecule has 78 valence electrons. The van der Waals surface area contributed by atoms with E-state index in [1.54, 1.807) is 7.11 Å². The van der Waals surface area contributed by atoms with Gasteiger partial charge in [-0.3, -0.25) is 0 Å². The van der Waals surface area contributed by atoms with Crippen molar-refractivity contribution in [3.63, 3.8) is 0 Å². The molecule has 0 spiro atoms. The van der Waals surface area contributed by atoms with Gasteiger partial charge in [0.2, 0.25) is 0 Å². The summed E-state index contributed by atoms with van der Waals surface area (Å²) in [5, 5.41) is 2.33. The summed E-state index contributed by atoms with van der Waals surface area (Å²) in [6.07, 6.45) is 0. The van der Waals surface area contributed by atoms with Gasteiger partial charge < -0.3 is 9.47 Å². The monoisotopic (exact) mass is 266 g/mol. The molecule has 0 radical (unpaired) electrons. The Kier molecular flexibility index (Phi) is 3.23. The van der Waals surface area contributed by atoms with Gasteiger partial charge in [-0.25, -0.2) is 0 Å². The molecule has 2 aromatic carbocycles. The van der Waals surface area contributed by atoms with Gasteiger partial charge >= 0.3 is 0 Å². The highest BCUT2D eigenvalue weighted by atomic mass is 79.9. The van der Waals surface area contributed by atoms with E-state index >= 15 is 0 Å². The van der Waals surface area contributed by atoms with Crippen molar-refractivity contribution in [1.29, 1.82) is 0 Å². The Bertz CT molecular complexity index is 468. The average molecular weight is 267 g/mol. The number of rotatable bonds is 3. The second-order valence-corrected chi connectivity index (χ2v) is 4.03. The summed E-state index contributed by atoms with van der Waals surface area (Å²) in [5.41, 5.74) is 0. The maximum atomic E-state index is 5.38. The first-order valence-corrected chi connectivity index (χ1v) is 5.40. The summed E-state index contributed by atoms with van der Waals surface area (Å²) in [6.45, 7) is 0.274. The lowest BCUT2D eigenvalue weighted by atomic mass is 10.1. The highest BCUT2D eigenvalue weighted by Crippen LogP contribution is 2.27. The van der Waals surface area contributed by atoms with E-state index in [1.165, 1.54) is 5.39 Å². The molecular formula is C12H11BrO2. The highest BCUT2D eigenvalue weighted by molar-refractivity contribution is 9.10. The summed E-state index contributed by atoms with van der Waals surface area (Å²) in [4.78, 5) is 0. The third-order valence-electron chi connectivity index (χ3n) is 2.14. The van der Waals surface area contributed by atoms with Crippen LogP contribution in [0.15, 0.2) is 40.9 Å². The number of ether oxygens (including phenoxy) is 2. The summed E-state index contributed by atoms with van der Waals surface area (Å²) < 4.78 is 11.3. The standard InChI is InChI=1S/C12H11BrO2/c1-14-8-15-10-6-5-9-3-2-4-12(13)11(9)7-10/h2-7H,8H2,1H3. The van der Waals surface area contributed by atoms with E-state index in [-0.39, 0.29) is 6.79 Å². The highest BCUT2D eigenvalue weighted by Gasteiger charge is 2.00. The Hall–Kier alpha value is -1.06. The van der Waals surface area contributed by atoms with Crippen molar-refractivity contribution in [3.05, 3.63) is 40.9 Å². The number of hydrogen-bond acceptors (Lipinski definition) is 2. The number of fused-ring (bicyclic) bond motifs is 1. The van der Waals surface area contributed by atoms with Gasteiger partial charge in [-0.1, -0.05) is 34.1 Å². The van der Waals surface area contributed by atoms with Crippen LogP contribution in [-0.2, 0) is 4.74 Å². The third kappa shape index (κ3) is 2.30. The van der Waals surface area contributed by atoms with E-state index in [0.29, 0.717) is 0 Å². The molecule has 2 aromatic rings. The minimum atomic E-state index is 0.274. The molecule has 0 saturated heterocycles. The van der Waals surface area contributed by atoms with Gasteiger partial charge in [0.1, 0.15) is 5.75 Å². The van der Waals surface area contributed by atoms with Crippen LogP contribution < -0.4 is 4.74 Å². The molecule has 15 heavy (non-hydrogen) atoms. The van der Waals surface area contributed by atoms with Crippen LogP contribution in [0.3, 0.4) is 0 Å². The third-order valence-corrected chi connectivity index (χ3v) is 2.84. The smallest absolute Gasteiger partial charge is 0.188 e. The Labute approximate surface area is 96.9 Å².